The molecule has 1 aliphatic rings. The van der Waals surface area contributed by atoms with E-state index in [2.05, 4.69) is 18.3 Å². The van der Waals surface area contributed by atoms with E-state index in [1.165, 1.54) is 12.8 Å². The molecule has 1 unspecified atom stereocenters. The molecule has 2 rings (SSSR count). The summed E-state index contributed by atoms with van der Waals surface area (Å²) in [5.41, 5.74) is 1.01. The van der Waals surface area contributed by atoms with E-state index in [1.54, 1.807) is 7.11 Å². The van der Waals surface area contributed by atoms with Gasteiger partial charge in [-0.2, -0.15) is 0 Å². The maximum atomic E-state index is 6.14. The third kappa shape index (κ3) is 3.36. The molecule has 0 aliphatic heterocycles. The molecule has 1 fully saturated rings. The Labute approximate surface area is 133 Å². The van der Waals surface area contributed by atoms with E-state index in [9.17, 15) is 0 Å². The molecule has 0 spiro atoms. The molecular weight excluding hydrogens is 286 g/mol. The fraction of sp³-hybridized carbons (Fsp3) is 0.647. The van der Waals surface area contributed by atoms with Gasteiger partial charge in [0.25, 0.3) is 0 Å². The van der Waals surface area contributed by atoms with E-state index < -0.39 is 0 Å². The Morgan fingerprint density at radius 1 is 1.29 bits per heavy atom. The highest BCUT2D eigenvalue weighted by Crippen LogP contribution is 2.43. The third-order valence-corrected chi connectivity index (χ3v) is 5.16. The Kier molecular flexibility index (Phi) is 5.53. The number of benzene rings is 1. The summed E-state index contributed by atoms with van der Waals surface area (Å²) in [7, 11) is 5.46. The Hall–Kier alpha value is -0.770. The average molecular weight is 312 g/mol. The van der Waals surface area contributed by atoms with Crippen molar-refractivity contribution in [3.05, 3.63) is 28.8 Å². The Morgan fingerprint density at radius 3 is 2.48 bits per heavy atom. The predicted molar refractivity (Wildman–Crippen MR) is 87.2 cm³/mol. The summed E-state index contributed by atoms with van der Waals surface area (Å²) in [6, 6.07) is 6.11. The topological polar surface area (TPSA) is 30.5 Å². The highest BCUT2D eigenvalue weighted by atomic mass is 35.5. The first-order chi connectivity index (χ1) is 10.1. The van der Waals surface area contributed by atoms with Gasteiger partial charge in [0.05, 0.1) is 23.8 Å². The van der Waals surface area contributed by atoms with Crippen LogP contribution in [0.1, 0.15) is 44.2 Å². The SMILES string of the molecule is CNC(c1ccc(Cl)c(OC)c1)C1(OC)CCC(C)CC1. The number of likely N-dealkylation sites (N-methyl/N-ethyl adjacent to an activating group) is 1. The average Bonchev–Trinajstić information content (AvgIpc) is 2.51. The van der Waals surface area contributed by atoms with Gasteiger partial charge in [-0.25, -0.2) is 0 Å². The van der Waals surface area contributed by atoms with E-state index in [-0.39, 0.29) is 11.6 Å². The van der Waals surface area contributed by atoms with Gasteiger partial charge in [0.2, 0.25) is 0 Å². The van der Waals surface area contributed by atoms with Gasteiger partial charge in [0.1, 0.15) is 5.75 Å². The molecule has 1 N–H and O–H groups in total. The zero-order chi connectivity index (χ0) is 15.5. The van der Waals surface area contributed by atoms with Crippen LogP contribution in [-0.2, 0) is 4.74 Å². The van der Waals surface area contributed by atoms with Crippen molar-refractivity contribution < 1.29 is 9.47 Å². The van der Waals surface area contributed by atoms with E-state index in [0.29, 0.717) is 10.8 Å². The van der Waals surface area contributed by atoms with Crippen LogP contribution in [0.5, 0.6) is 5.75 Å². The summed E-state index contributed by atoms with van der Waals surface area (Å²) in [4.78, 5) is 0. The minimum absolute atomic E-state index is 0.140. The number of nitrogens with one attached hydrogen (secondary N) is 1. The van der Waals surface area contributed by atoms with Crippen LogP contribution >= 0.6 is 11.6 Å². The first-order valence-electron chi connectivity index (χ1n) is 7.62. The maximum Gasteiger partial charge on any atom is 0.137 e. The number of methoxy groups -OCH3 is 2. The van der Waals surface area contributed by atoms with Crippen LogP contribution in [0.4, 0.5) is 0 Å². The molecule has 21 heavy (non-hydrogen) atoms. The van der Waals surface area contributed by atoms with Crippen LogP contribution < -0.4 is 10.1 Å². The number of hydrogen-bond donors (Lipinski definition) is 1. The first kappa shape index (κ1) is 16.6. The number of rotatable bonds is 5. The molecule has 1 saturated carbocycles. The largest absolute Gasteiger partial charge is 0.495 e. The molecule has 0 aromatic heterocycles. The zero-order valence-electron chi connectivity index (χ0n) is 13.4. The van der Waals surface area contributed by atoms with Gasteiger partial charge in [0, 0.05) is 7.11 Å². The Morgan fingerprint density at radius 2 is 1.95 bits per heavy atom. The minimum Gasteiger partial charge on any atom is -0.495 e. The van der Waals surface area contributed by atoms with Crippen molar-refractivity contribution in [1.82, 2.24) is 5.32 Å². The van der Waals surface area contributed by atoms with Crippen LogP contribution in [0.2, 0.25) is 5.02 Å². The molecule has 0 saturated heterocycles. The van der Waals surface area contributed by atoms with Gasteiger partial charge in [-0.05, 0) is 56.3 Å². The quantitative estimate of drug-likeness (QED) is 0.884. The summed E-state index contributed by atoms with van der Waals surface area (Å²) in [6.07, 6.45) is 4.55. The summed E-state index contributed by atoms with van der Waals surface area (Å²) in [5, 5.41) is 4.08. The first-order valence-corrected chi connectivity index (χ1v) is 8.00. The zero-order valence-corrected chi connectivity index (χ0v) is 14.2. The van der Waals surface area contributed by atoms with Gasteiger partial charge >= 0.3 is 0 Å². The standard InChI is InChI=1S/C17H26ClNO2/c1-12-7-9-17(21-4,10-8-12)16(19-2)13-5-6-14(18)15(11-13)20-3/h5-6,11-12,16,19H,7-10H2,1-4H3. The normalized spacial score (nSPS) is 27.4. The molecule has 0 radical (unpaired) electrons. The highest BCUT2D eigenvalue weighted by molar-refractivity contribution is 6.32. The third-order valence-electron chi connectivity index (χ3n) is 4.85. The Balaban J connectivity index is 2.33. The molecular formula is C17H26ClNO2. The van der Waals surface area contributed by atoms with Crippen molar-refractivity contribution in [3.63, 3.8) is 0 Å². The summed E-state index contributed by atoms with van der Waals surface area (Å²) in [5.74, 6) is 1.50. The van der Waals surface area contributed by atoms with Crippen molar-refractivity contribution in [2.24, 2.45) is 5.92 Å². The van der Waals surface area contributed by atoms with Gasteiger partial charge < -0.3 is 14.8 Å². The lowest BCUT2D eigenvalue weighted by Crippen LogP contribution is -2.46. The van der Waals surface area contributed by atoms with Crippen LogP contribution in [0.15, 0.2) is 18.2 Å². The van der Waals surface area contributed by atoms with Crippen molar-refractivity contribution in [1.29, 1.82) is 0 Å². The fourth-order valence-corrected chi connectivity index (χ4v) is 3.65. The number of hydrogen-bond acceptors (Lipinski definition) is 3. The number of ether oxygens (including phenoxy) is 2. The van der Waals surface area contributed by atoms with Gasteiger partial charge in [-0.3, -0.25) is 0 Å². The van der Waals surface area contributed by atoms with Crippen LogP contribution in [0.3, 0.4) is 0 Å². The van der Waals surface area contributed by atoms with Gasteiger partial charge in [0.15, 0.2) is 0 Å². The van der Waals surface area contributed by atoms with Crippen LogP contribution in [0.25, 0.3) is 0 Å². The molecule has 1 atom stereocenters. The second-order valence-corrected chi connectivity index (χ2v) is 6.47. The van der Waals surface area contributed by atoms with Crippen LogP contribution in [-0.4, -0.2) is 26.9 Å². The minimum atomic E-state index is -0.153. The molecule has 0 heterocycles. The van der Waals surface area contributed by atoms with Crippen molar-refractivity contribution in [2.75, 3.05) is 21.3 Å². The summed E-state index contributed by atoms with van der Waals surface area (Å²) < 4.78 is 11.4. The smallest absolute Gasteiger partial charge is 0.137 e. The molecule has 1 aromatic carbocycles. The predicted octanol–water partition coefficient (Wildman–Crippen LogP) is 4.20. The van der Waals surface area contributed by atoms with Crippen molar-refractivity contribution in [2.45, 2.75) is 44.2 Å². The second-order valence-electron chi connectivity index (χ2n) is 6.07. The molecule has 3 nitrogen and oxygen atoms in total. The van der Waals surface area contributed by atoms with E-state index in [4.69, 9.17) is 21.1 Å². The lowest BCUT2D eigenvalue weighted by atomic mass is 9.73. The molecule has 0 amide bonds. The summed E-state index contributed by atoms with van der Waals surface area (Å²) in [6.45, 7) is 2.32. The van der Waals surface area contributed by atoms with E-state index in [0.717, 1.165) is 24.3 Å². The summed E-state index contributed by atoms with van der Waals surface area (Å²) >= 11 is 6.14. The lowest BCUT2D eigenvalue weighted by Gasteiger charge is -2.44. The maximum absolute atomic E-state index is 6.14. The number of halogens is 1. The van der Waals surface area contributed by atoms with Crippen LogP contribution in [0, 0.1) is 5.92 Å². The van der Waals surface area contributed by atoms with Crippen molar-refractivity contribution >= 4 is 11.6 Å². The Bertz CT molecular complexity index is 470. The van der Waals surface area contributed by atoms with Crippen molar-refractivity contribution in [3.8, 4) is 5.75 Å². The molecule has 0 bridgehead atoms. The van der Waals surface area contributed by atoms with Gasteiger partial charge in [-0.15, -0.1) is 0 Å². The van der Waals surface area contributed by atoms with Gasteiger partial charge in [-0.1, -0.05) is 24.6 Å². The molecule has 1 aliphatic carbocycles. The highest BCUT2D eigenvalue weighted by Gasteiger charge is 2.41. The molecule has 118 valence electrons. The van der Waals surface area contributed by atoms with E-state index >= 15 is 0 Å². The van der Waals surface area contributed by atoms with E-state index in [1.807, 2.05) is 26.3 Å². The monoisotopic (exact) mass is 311 g/mol. The second kappa shape index (κ2) is 6.99. The fourth-order valence-electron chi connectivity index (χ4n) is 3.45. The molecule has 4 heteroatoms. The lowest BCUT2D eigenvalue weighted by molar-refractivity contribution is -0.0745. The molecule has 1 aromatic rings.